The number of thiophene rings is 1. The number of benzene rings is 1. The van der Waals surface area contributed by atoms with E-state index >= 15 is 0 Å². The first kappa shape index (κ1) is 13.3. The lowest BCUT2D eigenvalue weighted by molar-refractivity contribution is 0.102. The Morgan fingerprint density at radius 2 is 1.89 bits per heavy atom. The summed E-state index contributed by atoms with van der Waals surface area (Å²) in [5.74, 6) is -1.05. The molecule has 0 radical (unpaired) electrons. The first-order valence-corrected chi connectivity index (χ1v) is 7.96. The zero-order valence-corrected chi connectivity index (χ0v) is 11.6. The number of hydrogen-bond donors (Lipinski definition) is 0. The average Bonchev–Trinajstić information content (AvgIpc) is 2.82. The highest BCUT2D eigenvalue weighted by atomic mass is 35.5. The summed E-state index contributed by atoms with van der Waals surface area (Å²) in [5.41, 5.74) is 0.235. The highest BCUT2D eigenvalue weighted by Gasteiger charge is 2.22. The molecule has 0 saturated heterocycles. The number of ketones is 1. The van der Waals surface area contributed by atoms with Crippen molar-refractivity contribution in [3.8, 4) is 0 Å². The Labute approximate surface area is 114 Å². The first-order chi connectivity index (χ1) is 8.50. The van der Waals surface area contributed by atoms with Crippen molar-refractivity contribution >= 4 is 38.6 Å². The summed E-state index contributed by atoms with van der Waals surface area (Å²) in [7, 11) is -3.57. The lowest BCUT2D eigenvalue weighted by Crippen LogP contribution is -2.15. The second kappa shape index (κ2) is 5.22. The van der Waals surface area contributed by atoms with Crippen molar-refractivity contribution in [3.63, 3.8) is 0 Å². The van der Waals surface area contributed by atoms with Crippen LogP contribution in [-0.4, -0.2) is 20.0 Å². The molecule has 0 aliphatic carbocycles. The molecule has 0 aliphatic rings. The van der Waals surface area contributed by atoms with Gasteiger partial charge in [-0.05, 0) is 23.6 Å². The molecule has 6 heteroatoms. The Bertz CT molecular complexity index is 660. The van der Waals surface area contributed by atoms with Gasteiger partial charge in [0.25, 0.3) is 0 Å². The SMILES string of the molecule is O=C(CS(=O)(=O)c1cccs1)c1ccccc1Cl. The highest BCUT2D eigenvalue weighted by Crippen LogP contribution is 2.21. The summed E-state index contributed by atoms with van der Waals surface area (Å²) in [6, 6.07) is 9.54. The van der Waals surface area contributed by atoms with E-state index in [0.29, 0.717) is 0 Å². The molecule has 1 heterocycles. The number of sulfone groups is 1. The molecule has 94 valence electrons. The number of rotatable bonds is 4. The van der Waals surface area contributed by atoms with Crippen LogP contribution in [-0.2, 0) is 9.84 Å². The molecule has 0 atom stereocenters. The van der Waals surface area contributed by atoms with Crippen molar-refractivity contribution in [1.82, 2.24) is 0 Å². The summed E-state index contributed by atoms with van der Waals surface area (Å²) in [6.45, 7) is 0. The molecule has 2 aromatic rings. The molecule has 2 rings (SSSR count). The van der Waals surface area contributed by atoms with Gasteiger partial charge in [0.05, 0.1) is 5.02 Å². The Hall–Kier alpha value is -1.17. The maximum Gasteiger partial charge on any atom is 0.195 e. The molecule has 18 heavy (non-hydrogen) atoms. The van der Waals surface area contributed by atoms with Crippen LogP contribution >= 0.6 is 22.9 Å². The van der Waals surface area contributed by atoms with Crippen LogP contribution in [0.3, 0.4) is 0 Å². The Balaban J connectivity index is 2.26. The third-order valence-corrected chi connectivity index (χ3v) is 5.73. The van der Waals surface area contributed by atoms with Gasteiger partial charge in [-0.15, -0.1) is 11.3 Å². The highest BCUT2D eigenvalue weighted by molar-refractivity contribution is 7.94. The molecule has 0 fully saturated rings. The molecule has 0 N–H and O–H groups in total. The van der Waals surface area contributed by atoms with Crippen LogP contribution in [0.4, 0.5) is 0 Å². The monoisotopic (exact) mass is 300 g/mol. The largest absolute Gasteiger partial charge is 0.293 e. The minimum Gasteiger partial charge on any atom is -0.293 e. The molecular formula is C12H9ClO3S2. The van der Waals surface area contributed by atoms with E-state index in [1.165, 1.54) is 12.1 Å². The van der Waals surface area contributed by atoms with Crippen molar-refractivity contribution in [3.05, 3.63) is 52.4 Å². The summed E-state index contributed by atoms with van der Waals surface area (Å²) in [5, 5.41) is 1.93. The van der Waals surface area contributed by atoms with Gasteiger partial charge in [0, 0.05) is 5.56 Å². The first-order valence-electron chi connectivity index (χ1n) is 5.05. The molecule has 1 aromatic carbocycles. The number of carbonyl (C=O) groups is 1. The molecular weight excluding hydrogens is 292 g/mol. The molecule has 0 saturated carbocycles. The molecule has 0 unspecified atom stereocenters. The van der Waals surface area contributed by atoms with E-state index in [1.807, 2.05) is 0 Å². The summed E-state index contributed by atoms with van der Waals surface area (Å²) < 4.78 is 24.1. The second-order valence-corrected chi connectivity index (χ2v) is 7.17. The van der Waals surface area contributed by atoms with Gasteiger partial charge in [0.15, 0.2) is 15.6 Å². The van der Waals surface area contributed by atoms with Gasteiger partial charge in [-0.1, -0.05) is 29.8 Å². The fourth-order valence-corrected chi connectivity index (χ4v) is 4.00. The summed E-state index contributed by atoms with van der Waals surface area (Å²) in [4.78, 5) is 11.9. The number of Topliss-reactive ketones (excluding diaryl/α,β-unsaturated/α-hetero) is 1. The van der Waals surface area contributed by atoms with Crippen molar-refractivity contribution in [2.24, 2.45) is 0 Å². The molecule has 0 aliphatic heterocycles. The van der Waals surface area contributed by atoms with E-state index in [9.17, 15) is 13.2 Å². The lowest BCUT2D eigenvalue weighted by Gasteiger charge is -2.03. The van der Waals surface area contributed by atoms with E-state index in [1.54, 1.807) is 29.6 Å². The quantitative estimate of drug-likeness (QED) is 0.815. The van der Waals surface area contributed by atoms with Gasteiger partial charge in [0.1, 0.15) is 9.96 Å². The smallest absolute Gasteiger partial charge is 0.195 e. The number of halogens is 1. The maximum absolute atomic E-state index is 11.9. The molecule has 1 aromatic heterocycles. The van der Waals surface area contributed by atoms with Crippen molar-refractivity contribution in [2.75, 3.05) is 5.75 Å². The van der Waals surface area contributed by atoms with E-state index < -0.39 is 21.4 Å². The minimum absolute atomic E-state index is 0.197. The summed E-state index contributed by atoms with van der Waals surface area (Å²) in [6.07, 6.45) is 0. The number of hydrogen-bond acceptors (Lipinski definition) is 4. The predicted molar refractivity (Wildman–Crippen MR) is 72.2 cm³/mol. The Kier molecular flexibility index (Phi) is 3.85. The van der Waals surface area contributed by atoms with Crippen LogP contribution in [0.2, 0.25) is 5.02 Å². The van der Waals surface area contributed by atoms with Crippen LogP contribution in [0.15, 0.2) is 46.0 Å². The van der Waals surface area contributed by atoms with E-state index in [2.05, 4.69) is 0 Å². The van der Waals surface area contributed by atoms with E-state index in [4.69, 9.17) is 11.6 Å². The van der Waals surface area contributed by atoms with Gasteiger partial charge < -0.3 is 0 Å². The van der Waals surface area contributed by atoms with Crippen LogP contribution in [0, 0.1) is 0 Å². The van der Waals surface area contributed by atoms with Gasteiger partial charge in [-0.3, -0.25) is 4.79 Å². The molecule has 0 spiro atoms. The topological polar surface area (TPSA) is 51.2 Å². The van der Waals surface area contributed by atoms with Crippen LogP contribution in [0.1, 0.15) is 10.4 Å². The maximum atomic E-state index is 11.9. The van der Waals surface area contributed by atoms with Crippen LogP contribution in [0.5, 0.6) is 0 Å². The average molecular weight is 301 g/mol. The Morgan fingerprint density at radius 3 is 2.50 bits per heavy atom. The van der Waals surface area contributed by atoms with Gasteiger partial charge in [0.2, 0.25) is 0 Å². The van der Waals surface area contributed by atoms with Gasteiger partial charge >= 0.3 is 0 Å². The molecule has 3 nitrogen and oxygen atoms in total. The van der Waals surface area contributed by atoms with Gasteiger partial charge in [-0.2, -0.15) is 0 Å². The fraction of sp³-hybridized carbons (Fsp3) is 0.0833. The zero-order chi connectivity index (χ0) is 13.2. The van der Waals surface area contributed by atoms with Crippen LogP contribution in [0.25, 0.3) is 0 Å². The van der Waals surface area contributed by atoms with E-state index in [0.717, 1.165) is 11.3 Å². The van der Waals surface area contributed by atoms with Crippen molar-refractivity contribution < 1.29 is 13.2 Å². The fourth-order valence-electron chi connectivity index (χ4n) is 1.45. The van der Waals surface area contributed by atoms with Gasteiger partial charge in [-0.25, -0.2) is 8.42 Å². The minimum atomic E-state index is -3.57. The summed E-state index contributed by atoms with van der Waals surface area (Å²) >= 11 is 6.96. The predicted octanol–water partition coefficient (Wildman–Crippen LogP) is 3.06. The lowest BCUT2D eigenvalue weighted by atomic mass is 10.1. The second-order valence-electron chi connectivity index (χ2n) is 3.59. The van der Waals surface area contributed by atoms with Crippen molar-refractivity contribution in [2.45, 2.75) is 4.21 Å². The number of carbonyl (C=O) groups excluding carboxylic acids is 1. The zero-order valence-electron chi connectivity index (χ0n) is 9.17. The molecule has 0 bridgehead atoms. The van der Waals surface area contributed by atoms with Crippen molar-refractivity contribution in [1.29, 1.82) is 0 Å². The third-order valence-electron chi connectivity index (χ3n) is 2.30. The Morgan fingerprint density at radius 1 is 1.17 bits per heavy atom. The standard InChI is InChI=1S/C12H9ClO3S2/c13-10-5-2-1-4-9(10)11(14)8-18(15,16)12-6-3-7-17-12/h1-7H,8H2. The molecule has 0 amide bonds. The third kappa shape index (κ3) is 2.80. The van der Waals surface area contributed by atoms with E-state index in [-0.39, 0.29) is 14.8 Å². The van der Waals surface area contributed by atoms with Crippen LogP contribution < -0.4 is 0 Å². The normalized spacial score (nSPS) is 11.4.